The SMILES string of the molecule is CSCC(CCO)NC(=O)c1ccon1. The molecule has 1 rings (SSSR count). The number of hydrogen-bond acceptors (Lipinski definition) is 5. The zero-order chi connectivity index (χ0) is 11.1. The molecule has 5 nitrogen and oxygen atoms in total. The number of aliphatic hydroxyl groups excluding tert-OH is 1. The second-order valence-corrected chi connectivity index (χ2v) is 3.93. The Morgan fingerprint density at radius 3 is 3.13 bits per heavy atom. The number of carbonyl (C=O) groups is 1. The minimum Gasteiger partial charge on any atom is -0.396 e. The number of hydrogen-bond donors (Lipinski definition) is 2. The molecule has 0 radical (unpaired) electrons. The van der Waals surface area contributed by atoms with Crippen molar-refractivity contribution in [3.63, 3.8) is 0 Å². The first kappa shape index (κ1) is 12.1. The normalized spacial score (nSPS) is 12.4. The summed E-state index contributed by atoms with van der Waals surface area (Å²) < 4.78 is 4.57. The van der Waals surface area contributed by atoms with Crippen LogP contribution in [0, 0.1) is 0 Å². The van der Waals surface area contributed by atoms with Crippen LogP contribution < -0.4 is 5.32 Å². The van der Waals surface area contributed by atoms with Gasteiger partial charge in [-0.25, -0.2) is 0 Å². The van der Waals surface area contributed by atoms with E-state index < -0.39 is 0 Å². The van der Waals surface area contributed by atoms with E-state index in [9.17, 15) is 4.79 Å². The fourth-order valence-electron chi connectivity index (χ4n) is 1.14. The minimum absolute atomic E-state index is 0.0331. The van der Waals surface area contributed by atoms with E-state index in [2.05, 4.69) is 15.0 Å². The molecular weight excluding hydrogens is 216 g/mol. The van der Waals surface area contributed by atoms with Gasteiger partial charge in [0.25, 0.3) is 5.91 Å². The van der Waals surface area contributed by atoms with Gasteiger partial charge in [0.15, 0.2) is 5.69 Å². The number of carbonyl (C=O) groups excluding carboxylic acids is 1. The number of thioether (sulfide) groups is 1. The van der Waals surface area contributed by atoms with Crippen LogP contribution in [0.1, 0.15) is 16.9 Å². The molecule has 1 aromatic rings. The molecule has 0 fully saturated rings. The first-order chi connectivity index (χ1) is 7.27. The maximum absolute atomic E-state index is 11.5. The first-order valence-electron chi connectivity index (χ1n) is 4.59. The molecule has 0 saturated heterocycles. The maximum Gasteiger partial charge on any atom is 0.273 e. The fourth-order valence-corrected chi connectivity index (χ4v) is 1.80. The van der Waals surface area contributed by atoms with Crippen LogP contribution in [0.15, 0.2) is 16.9 Å². The van der Waals surface area contributed by atoms with Gasteiger partial charge in [0.2, 0.25) is 0 Å². The fraction of sp³-hybridized carbons (Fsp3) is 0.556. The molecular formula is C9H14N2O3S. The number of nitrogens with zero attached hydrogens (tertiary/aromatic N) is 1. The lowest BCUT2D eigenvalue weighted by Gasteiger charge is -2.15. The minimum atomic E-state index is -0.267. The summed E-state index contributed by atoms with van der Waals surface area (Å²) in [6.07, 6.45) is 3.85. The monoisotopic (exact) mass is 230 g/mol. The summed E-state index contributed by atoms with van der Waals surface area (Å²) in [7, 11) is 0. The van der Waals surface area contributed by atoms with Crippen molar-refractivity contribution in [1.29, 1.82) is 0 Å². The largest absolute Gasteiger partial charge is 0.396 e. The molecule has 6 heteroatoms. The molecule has 84 valence electrons. The van der Waals surface area contributed by atoms with Crippen LogP contribution in [-0.4, -0.2) is 40.8 Å². The van der Waals surface area contributed by atoms with Crippen molar-refractivity contribution in [2.24, 2.45) is 0 Å². The molecule has 15 heavy (non-hydrogen) atoms. The molecule has 2 N–H and O–H groups in total. The van der Waals surface area contributed by atoms with Crippen LogP contribution in [0.4, 0.5) is 0 Å². The van der Waals surface area contributed by atoms with Crippen molar-refractivity contribution in [3.05, 3.63) is 18.0 Å². The third-order valence-electron chi connectivity index (χ3n) is 1.85. The van der Waals surface area contributed by atoms with Crippen LogP contribution >= 0.6 is 11.8 Å². The molecule has 1 amide bonds. The van der Waals surface area contributed by atoms with Crippen molar-refractivity contribution < 1.29 is 14.4 Å². The van der Waals surface area contributed by atoms with Crippen molar-refractivity contribution in [1.82, 2.24) is 10.5 Å². The lowest BCUT2D eigenvalue weighted by atomic mass is 10.2. The van der Waals surface area contributed by atoms with E-state index in [-0.39, 0.29) is 24.2 Å². The van der Waals surface area contributed by atoms with E-state index in [1.54, 1.807) is 11.8 Å². The average Bonchev–Trinajstić information content (AvgIpc) is 2.71. The van der Waals surface area contributed by atoms with Crippen molar-refractivity contribution in [2.75, 3.05) is 18.6 Å². The summed E-state index contributed by atoms with van der Waals surface area (Å²) in [5, 5.41) is 15.1. The number of amides is 1. The standard InChI is InChI=1S/C9H14N2O3S/c1-15-6-7(2-4-12)10-9(13)8-3-5-14-11-8/h3,5,7,12H,2,4,6H2,1H3,(H,10,13). The Labute approximate surface area is 92.2 Å². The highest BCUT2D eigenvalue weighted by Gasteiger charge is 2.14. The molecule has 0 aromatic carbocycles. The smallest absolute Gasteiger partial charge is 0.273 e. The highest BCUT2D eigenvalue weighted by atomic mass is 32.2. The van der Waals surface area contributed by atoms with Crippen LogP contribution in [0.2, 0.25) is 0 Å². The van der Waals surface area contributed by atoms with Gasteiger partial charge in [-0.05, 0) is 12.7 Å². The summed E-state index contributed by atoms with van der Waals surface area (Å²) in [4.78, 5) is 11.5. The molecule has 0 spiro atoms. The van der Waals surface area contributed by atoms with Gasteiger partial charge in [-0.1, -0.05) is 5.16 Å². The third kappa shape index (κ3) is 3.93. The highest BCUT2D eigenvalue weighted by Crippen LogP contribution is 2.03. The Morgan fingerprint density at radius 2 is 2.60 bits per heavy atom. The quantitative estimate of drug-likeness (QED) is 0.745. The molecule has 1 atom stereocenters. The van der Waals surface area contributed by atoms with Gasteiger partial charge in [0.05, 0.1) is 0 Å². The maximum atomic E-state index is 11.5. The van der Waals surface area contributed by atoms with Crippen LogP contribution in [0.3, 0.4) is 0 Å². The molecule has 0 saturated carbocycles. The summed E-state index contributed by atoms with van der Waals surface area (Å²) in [5.74, 6) is 0.501. The van der Waals surface area contributed by atoms with Gasteiger partial charge in [-0.2, -0.15) is 11.8 Å². The lowest BCUT2D eigenvalue weighted by molar-refractivity contribution is 0.0926. The summed E-state index contributed by atoms with van der Waals surface area (Å²) in [6.45, 7) is 0.0598. The topological polar surface area (TPSA) is 75.4 Å². The van der Waals surface area contributed by atoms with E-state index in [1.807, 2.05) is 6.26 Å². The Kier molecular flexibility index (Phi) is 5.20. The first-order valence-corrected chi connectivity index (χ1v) is 5.98. The predicted octanol–water partition coefficient (Wildman–Crippen LogP) is 0.518. The van der Waals surface area contributed by atoms with E-state index in [4.69, 9.17) is 5.11 Å². The van der Waals surface area contributed by atoms with Gasteiger partial charge in [0.1, 0.15) is 6.26 Å². The highest BCUT2D eigenvalue weighted by molar-refractivity contribution is 7.98. The Morgan fingerprint density at radius 1 is 1.80 bits per heavy atom. The molecule has 1 heterocycles. The van der Waals surface area contributed by atoms with Gasteiger partial charge in [0, 0.05) is 24.5 Å². The Balaban J connectivity index is 2.47. The molecule has 0 aliphatic carbocycles. The van der Waals surface area contributed by atoms with Gasteiger partial charge in [-0.3, -0.25) is 4.79 Å². The van der Waals surface area contributed by atoms with Crippen LogP contribution in [-0.2, 0) is 0 Å². The number of nitrogens with one attached hydrogen (secondary N) is 1. The molecule has 1 aromatic heterocycles. The number of rotatable bonds is 6. The average molecular weight is 230 g/mol. The second-order valence-electron chi connectivity index (χ2n) is 3.02. The van der Waals surface area contributed by atoms with Crippen LogP contribution in [0.25, 0.3) is 0 Å². The van der Waals surface area contributed by atoms with E-state index in [0.717, 1.165) is 5.75 Å². The number of aliphatic hydroxyl groups is 1. The van der Waals surface area contributed by atoms with Gasteiger partial charge < -0.3 is 14.9 Å². The predicted molar refractivity (Wildman–Crippen MR) is 57.8 cm³/mol. The molecule has 0 aliphatic heterocycles. The lowest BCUT2D eigenvalue weighted by Crippen LogP contribution is -2.37. The molecule has 0 bridgehead atoms. The second kappa shape index (κ2) is 6.47. The zero-order valence-corrected chi connectivity index (χ0v) is 9.29. The van der Waals surface area contributed by atoms with Crippen LogP contribution in [0.5, 0.6) is 0 Å². The van der Waals surface area contributed by atoms with Gasteiger partial charge in [-0.15, -0.1) is 0 Å². The summed E-state index contributed by atoms with van der Waals surface area (Å²) in [5.41, 5.74) is 0.263. The number of aromatic nitrogens is 1. The van der Waals surface area contributed by atoms with Crippen molar-refractivity contribution in [3.8, 4) is 0 Å². The Hall–Kier alpha value is -1.01. The van der Waals surface area contributed by atoms with Gasteiger partial charge >= 0.3 is 0 Å². The van der Waals surface area contributed by atoms with E-state index >= 15 is 0 Å². The Bertz CT molecular complexity index is 284. The van der Waals surface area contributed by atoms with Crippen molar-refractivity contribution in [2.45, 2.75) is 12.5 Å². The molecule has 0 aliphatic rings. The zero-order valence-electron chi connectivity index (χ0n) is 8.47. The van der Waals surface area contributed by atoms with E-state index in [0.29, 0.717) is 6.42 Å². The summed E-state index contributed by atoms with van der Waals surface area (Å²) >= 11 is 1.62. The van der Waals surface area contributed by atoms with E-state index in [1.165, 1.54) is 12.3 Å². The molecule has 1 unspecified atom stereocenters. The van der Waals surface area contributed by atoms with Crippen molar-refractivity contribution >= 4 is 17.7 Å². The third-order valence-corrected chi connectivity index (χ3v) is 2.59. The summed E-state index contributed by atoms with van der Waals surface area (Å²) in [6, 6.07) is 1.47.